The van der Waals surface area contributed by atoms with Crippen molar-refractivity contribution in [3.05, 3.63) is 60.3 Å². The van der Waals surface area contributed by atoms with Gasteiger partial charge in [-0.2, -0.15) is 5.10 Å². The second-order valence-corrected chi connectivity index (χ2v) is 5.93. The maximum Gasteiger partial charge on any atom is 0.316 e. The second kappa shape index (κ2) is 7.28. The zero-order chi connectivity index (χ0) is 18.6. The Kier molecular flexibility index (Phi) is 4.52. The van der Waals surface area contributed by atoms with Gasteiger partial charge >= 0.3 is 6.01 Å². The third kappa shape index (κ3) is 3.64. The molecule has 0 saturated carbocycles. The highest BCUT2D eigenvalue weighted by Crippen LogP contribution is 2.28. The maximum atomic E-state index is 5.89. The lowest BCUT2D eigenvalue weighted by Gasteiger charge is -2.10. The quantitative estimate of drug-likeness (QED) is 0.542. The number of hydrogen-bond acceptors (Lipinski definition) is 7. The smallest absolute Gasteiger partial charge is 0.316 e. The lowest BCUT2D eigenvalue weighted by molar-refractivity contribution is 0.306. The molecule has 1 aromatic carbocycles. The van der Waals surface area contributed by atoms with Crippen molar-refractivity contribution in [3.63, 3.8) is 0 Å². The molecular formula is C19H18N6O2. The van der Waals surface area contributed by atoms with Crippen LogP contribution < -0.4 is 14.8 Å². The molecule has 3 aromatic heterocycles. The Morgan fingerprint density at radius 1 is 1.07 bits per heavy atom. The van der Waals surface area contributed by atoms with E-state index in [1.54, 1.807) is 24.8 Å². The number of aromatic amines is 1. The Bertz CT molecular complexity index is 1060. The lowest BCUT2D eigenvalue weighted by Crippen LogP contribution is -1.98. The number of aryl methyl sites for hydroxylation is 1. The van der Waals surface area contributed by atoms with Gasteiger partial charge in [-0.1, -0.05) is 0 Å². The number of fused-ring (bicyclic) bond motifs is 1. The zero-order valence-electron chi connectivity index (χ0n) is 14.9. The molecule has 0 unspecified atom stereocenters. The molecule has 0 amide bonds. The monoisotopic (exact) mass is 362 g/mol. The number of rotatable bonds is 6. The van der Waals surface area contributed by atoms with Crippen molar-refractivity contribution in [2.45, 2.75) is 13.5 Å². The summed E-state index contributed by atoms with van der Waals surface area (Å²) < 4.78 is 10.9. The predicted octanol–water partition coefficient (Wildman–Crippen LogP) is 3.39. The van der Waals surface area contributed by atoms with Crippen LogP contribution in [-0.4, -0.2) is 32.3 Å². The van der Waals surface area contributed by atoms with Crippen molar-refractivity contribution < 1.29 is 9.47 Å². The van der Waals surface area contributed by atoms with Gasteiger partial charge in [0.15, 0.2) is 0 Å². The maximum absolute atomic E-state index is 5.89. The van der Waals surface area contributed by atoms with Gasteiger partial charge in [0.2, 0.25) is 0 Å². The zero-order valence-corrected chi connectivity index (χ0v) is 14.9. The fourth-order valence-corrected chi connectivity index (χ4v) is 2.65. The second-order valence-electron chi connectivity index (χ2n) is 5.93. The molecule has 0 spiro atoms. The van der Waals surface area contributed by atoms with E-state index in [-0.39, 0.29) is 0 Å². The van der Waals surface area contributed by atoms with Gasteiger partial charge in [0.25, 0.3) is 0 Å². The van der Waals surface area contributed by atoms with Gasteiger partial charge in [-0.25, -0.2) is 15.0 Å². The number of aromatic nitrogens is 5. The molecule has 0 atom stereocenters. The predicted molar refractivity (Wildman–Crippen MR) is 101 cm³/mol. The van der Waals surface area contributed by atoms with Crippen LogP contribution in [0, 0.1) is 6.92 Å². The number of nitrogens with one attached hydrogen (secondary N) is 2. The van der Waals surface area contributed by atoms with E-state index in [0.717, 1.165) is 39.3 Å². The van der Waals surface area contributed by atoms with E-state index >= 15 is 0 Å². The summed E-state index contributed by atoms with van der Waals surface area (Å²) in [6.07, 6.45) is 6.83. The Morgan fingerprint density at radius 2 is 1.93 bits per heavy atom. The summed E-state index contributed by atoms with van der Waals surface area (Å²) in [5, 5.41) is 12.1. The number of benzene rings is 1. The number of anilines is 2. The first-order valence-electron chi connectivity index (χ1n) is 8.36. The van der Waals surface area contributed by atoms with Crippen LogP contribution in [0.5, 0.6) is 11.8 Å². The van der Waals surface area contributed by atoms with Crippen molar-refractivity contribution >= 4 is 22.3 Å². The molecule has 4 rings (SSSR count). The topological polar surface area (TPSA) is 97.8 Å². The molecule has 3 heterocycles. The molecule has 27 heavy (non-hydrogen) atoms. The van der Waals surface area contributed by atoms with E-state index in [4.69, 9.17) is 9.47 Å². The Labute approximate surface area is 155 Å². The summed E-state index contributed by atoms with van der Waals surface area (Å²) in [5.74, 6) is 1.51. The largest absolute Gasteiger partial charge is 0.489 e. The van der Waals surface area contributed by atoms with E-state index in [1.807, 2.05) is 31.2 Å². The molecule has 8 heteroatoms. The fourth-order valence-electron chi connectivity index (χ4n) is 2.65. The van der Waals surface area contributed by atoms with Gasteiger partial charge in [-0.3, -0.25) is 5.10 Å². The van der Waals surface area contributed by atoms with Crippen LogP contribution in [0.25, 0.3) is 10.8 Å². The van der Waals surface area contributed by atoms with Gasteiger partial charge < -0.3 is 14.8 Å². The Hall–Kier alpha value is -3.68. The molecule has 0 fully saturated rings. The van der Waals surface area contributed by atoms with Crippen molar-refractivity contribution in [3.8, 4) is 11.8 Å². The highest BCUT2D eigenvalue weighted by atomic mass is 16.5. The third-order valence-electron chi connectivity index (χ3n) is 4.14. The first kappa shape index (κ1) is 16.8. The van der Waals surface area contributed by atoms with Crippen molar-refractivity contribution in [2.24, 2.45) is 0 Å². The van der Waals surface area contributed by atoms with E-state index in [0.29, 0.717) is 12.6 Å². The highest BCUT2D eigenvalue weighted by molar-refractivity contribution is 5.93. The van der Waals surface area contributed by atoms with E-state index in [1.165, 1.54) is 7.11 Å². The molecule has 0 radical (unpaired) electrons. The van der Waals surface area contributed by atoms with Gasteiger partial charge in [-0.05, 0) is 36.6 Å². The minimum atomic E-state index is 0.320. The van der Waals surface area contributed by atoms with Gasteiger partial charge in [0.1, 0.15) is 18.2 Å². The highest BCUT2D eigenvalue weighted by Gasteiger charge is 2.07. The molecule has 2 N–H and O–H groups in total. The first-order valence-corrected chi connectivity index (χ1v) is 8.36. The minimum Gasteiger partial charge on any atom is -0.489 e. The van der Waals surface area contributed by atoms with Gasteiger partial charge in [0.05, 0.1) is 31.4 Å². The minimum absolute atomic E-state index is 0.320. The van der Waals surface area contributed by atoms with Crippen LogP contribution in [0.1, 0.15) is 11.3 Å². The Balaban J connectivity index is 1.55. The number of ether oxygens (including phenoxy) is 2. The molecule has 136 valence electrons. The van der Waals surface area contributed by atoms with Gasteiger partial charge in [0, 0.05) is 22.8 Å². The first-order chi connectivity index (χ1) is 13.2. The Morgan fingerprint density at radius 3 is 2.67 bits per heavy atom. The summed E-state index contributed by atoms with van der Waals surface area (Å²) >= 11 is 0. The van der Waals surface area contributed by atoms with E-state index in [9.17, 15) is 0 Å². The van der Waals surface area contributed by atoms with Crippen LogP contribution >= 0.6 is 0 Å². The number of H-pyrrole nitrogens is 1. The van der Waals surface area contributed by atoms with Gasteiger partial charge in [-0.15, -0.1) is 0 Å². The average molecular weight is 362 g/mol. The van der Waals surface area contributed by atoms with Crippen LogP contribution in [0.2, 0.25) is 0 Å². The normalized spacial score (nSPS) is 10.7. The van der Waals surface area contributed by atoms with Crippen molar-refractivity contribution in [1.82, 2.24) is 25.1 Å². The molecule has 0 aliphatic carbocycles. The van der Waals surface area contributed by atoms with E-state index in [2.05, 4.69) is 30.5 Å². The van der Waals surface area contributed by atoms with Crippen LogP contribution in [0.4, 0.5) is 11.5 Å². The summed E-state index contributed by atoms with van der Waals surface area (Å²) in [4.78, 5) is 12.6. The number of nitrogens with zero attached hydrogens (tertiary/aromatic N) is 4. The summed E-state index contributed by atoms with van der Waals surface area (Å²) in [7, 11) is 1.53. The molecule has 0 saturated heterocycles. The molecule has 8 nitrogen and oxygen atoms in total. The van der Waals surface area contributed by atoms with Crippen LogP contribution in [0.3, 0.4) is 0 Å². The lowest BCUT2D eigenvalue weighted by atomic mass is 10.1. The average Bonchev–Trinajstić information content (AvgIpc) is 3.12. The third-order valence-corrected chi connectivity index (χ3v) is 4.14. The van der Waals surface area contributed by atoms with Crippen molar-refractivity contribution in [1.29, 1.82) is 0 Å². The van der Waals surface area contributed by atoms with Crippen molar-refractivity contribution in [2.75, 3.05) is 12.4 Å². The summed E-state index contributed by atoms with van der Waals surface area (Å²) in [6, 6.07) is 8.16. The number of hydrogen-bond donors (Lipinski definition) is 2. The fraction of sp³-hybridized carbons (Fsp3) is 0.158. The molecular weight excluding hydrogens is 344 g/mol. The molecule has 4 aromatic rings. The molecule has 0 aliphatic rings. The number of methoxy groups -OCH3 is 1. The number of pyridine rings is 1. The summed E-state index contributed by atoms with van der Waals surface area (Å²) in [5.41, 5.74) is 2.77. The summed E-state index contributed by atoms with van der Waals surface area (Å²) in [6.45, 7) is 2.44. The SMILES string of the molecule is COc1ncc(Nc2nccc3cc(OCc4cn[nH]c4C)ccc23)cn1. The van der Waals surface area contributed by atoms with Crippen LogP contribution in [0.15, 0.2) is 49.1 Å². The molecule has 0 aliphatic heterocycles. The van der Waals surface area contributed by atoms with E-state index < -0.39 is 0 Å². The molecule has 0 bridgehead atoms. The standard InChI is InChI=1S/C19H18N6O2/c1-12-14(8-23-25-12)11-27-16-3-4-17-13(7-16)5-6-20-18(17)24-15-9-21-19(26-2)22-10-15/h3-10H,11H2,1-2H3,(H,20,24)(H,23,25). The van der Waals surface area contributed by atoms with Crippen LogP contribution in [-0.2, 0) is 6.61 Å².